The summed E-state index contributed by atoms with van der Waals surface area (Å²) in [6.45, 7) is 5.84. The molecule has 1 fully saturated rings. The zero-order valence-electron chi connectivity index (χ0n) is 11.6. The number of nitrogens with two attached hydrogens (primary N) is 1. The van der Waals surface area contributed by atoms with Crippen LogP contribution in [0.4, 0.5) is 0 Å². The van der Waals surface area contributed by atoms with E-state index in [0.29, 0.717) is 11.7 Å². The van der Waals surface area contributed by atoms with Gasteiger partial charge in [-0.3, -0.25) is 0 Å². The summed E-state index contributed by atoms with van der Waals surface area (Å²) in [6, 6.07) is 0. The van der Waals surface area contributed by atoms with Gasteiger partial charge in [-0.15, -0.1) is 0 Å². The fourth-order valence-electron chi connectivity index (χ4n) is 2.87. The van der Waals surface area contributed by atoms with Crippen LogP contribution in [0, 0.1) is 20.8 Å². The average molecular weight is 261 g/mol. The second-order valence-corrected chi connectivity index (χ2v) is 5.50. The summed E-state index contributed by atoms with van der Waals surface area (Å²) in [6.07, 6.45) is 4.11. The van der Waals surface area contributed by atoms with Crippen LogP contribution >= 0.6 is 0 Å². The van der Waals surface area contributed by atoms with E-state index in [1.165, 1.54) is 0 Å². The average Bonchev–Trinajstić information content (AvgIpc) is 3.03. The predicted octanol–water partition coefficient (Wildman–Crippen LogP) is 2.98. The summed E-state index contributed by atoms with van der Waals surface area (Å²) in [4.78, 5) is 4.51. The van der Waals surface area contributed by atoms with Gasteiger partial charge < -0.3 is 14.7 Å². The Bertz CT molecular complexity index is 606. The molecule has 0 atom stereocenters. The van der Waals surface area contributed by atoms with Crippen molar-refractivity contribution in [2.24, 2.45) is 5.73 Å². The molecule has 0 unspecified atom stereocenters. The molecule has 0 saturated heterocycles. The first-order valence-corrected chi connectivity index (χ1v) is 6.71. The van der Waals surface area contributed by atoms with E-state index >= 15 is 0 Å². The molecule has 0 bridgehead atoms. The third kappa shape index (κ3) is 1.89. The first-order chi connectivity index (χ1) is 9.01. The van der Waals surface area contributed by atoms with Gasteiger partial charge in [-0.1, -0.05) is 18.0 Å². The molecule has 102 valence electrons. The van der Waals surface area contributed by atoms with Crippen LogP contribution in [0.3, 0.4) is 0 Å². The third-order valence-corrected chi connectivity index (χ3v) is 4.14. The third-order valence-electron chi connectivity index (χ3n) is 4.14. The molecule has 5 heteroatoms. The molecular formula is C14H19N3O2. The first kappa shape index (κ1) is 12.4. The van der Waals surface area contributed by atoms with Crippen molar-refractivity contribution < 1.29 is 8.94 Å². The van der Waals surface area contributed by atoms with Gasteiger partial charge in [0.05, 0.1) is 11.1 Å². The van der Waals surface area contributed by atoms with Crippen LogP contribution in [0.25, 0.3) is 11.5 Å². The van der Waals surface area contributed by atoms with Gasteiger partial charge in [0.15, 0.2) is 5.82 Å². The van der Waals surface area contributed by atoms with Crippen molar-refractivity contribution in [1.82, 2.24) is 10.1 Å². The predicted molar refractivity (Wildman–Crippen MR) is 70.5 cm³/mol. The van der Waals surface area contributed by atoms with E-state index in [1.54, 1.807) is 0 Å². The summed E-state index contributed by atoms with van der Waals surface area (Å²) >= 11 is 0. The number of rotatable bonds is 2. The van der Waals surface area contributed by atoms with Crippen molar-refractivity contribution in [2.45, 2.75) is 52.0 Å². The van der Waals surface area contributed by atoms with Crippen molar-refractivity contribution >= 4 is 0 Å². The Hall–Kier alpha value is -1.62. The number of aromatic nitrogens is 2. The van der Waals surface area contributed by atoms with Crippen molar-refractivity contribution in [1.29, 1.82) is 0 Å². The highest BCUT2D eigenvalue weighted by Crippen LogP contribution is 2.37. The maximum Gasteiger partial charge on any atom is 0.261 e. The van der Waals surface area contributed by atoms with E-state index in [0.717, 1.165) is 48.3 Å². The lowest BCUT2D eigenvalue weighted by Crippen LogP contribution is -2.34. The molecule has 1 aliphatic carbocycles. The summed E-state index contributed by atoms with van der Waals surface area (Å²) in [5.41, 5.74) is 7.88. The van der Waals surface area contributed by atoms with Gasteiger partial charge in [0.1, 0.15) is 11.5 Å². The number of hydrogen-bond donors (Lipinski definition) is 1. The smallest absolute Gasteiger partial charge is 0.261 e. The highest BCUT2D eigenvalue weighted by Gasteiger charge is 2.36. The Morgan fingerprint density at radius 3 is 2.37 bits per heavy atom. The second kappa shape index (κ2) is 4.20. The van der Waals surface area contributed by atoms with Gasteiger partial charge in [-0.05, 0) is 33.6 Å². The van der Waals surface area contributed by atoms with Crippen LogP contribution in [0.2, 0.25) is 0 Å². The highest BCUT2D eigenvalue weighted by molar-refractivity contribution is 5.61. The summed E-state index contributed by atoms with van der Waals surface area (Å²) < 4.78 is 11.0. The Balaban J connectivity index is 2.01. The zero-order chi connectivity index (χ0) is 13.6. The SMILES string of the molecule is Cc1oc(C)c(-c2nc(C3(N)CCCC3)no2)c1C. The van der Waals surface area contributed by atoms with Gasteiger partial charge in [0, 0.05) is 5.56 Å². The standard InChI is InChI=1S/C14H19N3O2/c1-8-9(2)18-10(3)11(8)12-16-13(17-19-12)14(15)6-4-5-7-14/h4-7,15H2,1-3H3. The van der Waals surface area contributed by atoms with Crippen molar-refractivity contribution in [2.75, 3.05) is 0 Å². The molecule has 0 aromatic carbocycles. The number of furan rings is 1. The van der Waals surface area contributed by atoms with Crippen LogP contribution in [0.15, 0.2) is 8.94 Å². The van der Waals surface area contributed by atoms with E-state index in [-0.39, 0.29) is 0 Å². The largest absolute Gasteiger partial charge is 0.466 e. The maximum atomic E-state index is 6.34. The van der Waals surface area contributed by atoms with Gasteiger partial charge in [-0.2, -0.15) is 4.98 Å². The Morgan fingerprint density at radius 2 is 1.79 bits per heavy atom. The number of aryl methyl sites for hydroxylation is 2. The molecule has 2 aromatic rings. The van der Waals surface area contributed by atoms with Gasteiger partial charge >= 0.3 is 0 Å². The molecule has 0 spiro atoms. The fourth-order valence-corrected chi connectivity index (χ4v) is 2.87. The molecule has 2 aromatic heterocycles. The molecule has 2 heterocycles. The van der Waals surface area contributed by atoms with Gasteiger partial charge in [-0.25, -0.2) is 0 Å². The van der Waals surface area contributed by atoms with E-state index in [1.807, 2.05) is 20.8 Å². The van der Waals surface area contributed by atoms with E-state index in [9.17, 15) is 0 Å². The summed E-state index contributed by atoms with van der Waals surface area (Å²) in [5.74, 6) is 2.83. The lowest BCUT2D eigenvalue weighted by atomic mass is 9.98. The molecule has 5 nitrogen and oxygen atoms in total. The zero-order valence-corrected chi connectivity index (χ0v) is 11.6. The Labute approximate surface area is 112 Å². The van der Waals surface area contributed by atoms with E-state index < -0.39 is 5.54 Å². The fraction of sp³-hybridized carbons (Fsp3) is 0.571. The Kier molecular flexibility index (Phi) is 2.74. The molecule has 3 rings (SSSR count). The molecule has 0 amide bonds. The van der Waals surface area contributed by atoms with Crippen LogP contribution < -0.4 is 5.73 Å². The van der Waals surface area contributed by atoms with Gasteiger partial charge in [0.2, 0.25) is 0 Å². The van der Waals surface area contributed by atoms with Crippen LogP contribution in [-0.2, 0) is 5.54 Å². The lowest BCUT2D eigenvalue weighted by molar-refractivity contribution is 0.372. The molecular weight excluding hydrogens is 242 g/mol. The normalized spacial score (nSPS) is 18.1. The van der Waals surface area contributed by atoms with E-state index in [2.05, 4.69) is 10.1 Å². The topological polar surface area (TPSA) is 78.1 Å². The minimum atomic E-state index is -0.414. The molecule has 19 heavy (non-hydrogen) atoms. The van der Waals surface area contributed by atoms with Crippen molar-refractivity contribution in [3.63, 3.8) is 0 Å². The number of hydrogen-bond acceptors (Lipinski definition) is 5. The maximum absolute atomic E-state index is 6.34. The summed E-state index contributed by atoms with van der Waals surface area (Å²) in [7, 11) is 0. The Morgan fingerprint density at radius 1 is 1.11 bits per heavy atom. The summed E-state index contributed by atoms with van der Waals surface area (Å²) in [5, 5.41) is 4.09. The monoisotopic (exact) mass is 261 g/mol. The second-order valence-electron chi connectivity index (χ2n) is 5.50. The first-order valence-electron chi connectivity index (χ1n) is 6.71. The van der Waals surface area contributed by atoms with Crippen molar-refractivity contribution in [3.05, 3.63) is 22.9 Å². The number of nitrogens with zero attached hydrogens (tertiary/aromatic N) is 2. The minimum absolute atomic E-state index is 0.414. The quantitative estimate of drug-likeness (QED) is 0.899. The van der Waals surface area contributed by atoms with Crippen LogP contribution in [0.5, 0.6) is 0 Å². The lowest BCUT2D eigenvalue weighted by Gasteiger charge is -2.17. The van der Waals surface area contributed by atoms with Crippen LogP contribution in [-0.4, -0.2) is 10.1 Å². The highest BCUT2D eigenvalue weighted by atomic mass is 16.5. The molecule has 0 aliphatic heterocycles. The molecule has 1 aliphatic rings. The minimum Gasteiger partial charge on any atom is -0.466 e. The van der Waals surface area contributed by atoms with Crippen LogP contribution in [0.1, 0.15) is 48.6 Å². The van der Waals surface area contributed by atoms with E-state index in [4.69, 9.17) is 14.7 Å². The molecule has 2 N–H and O–H groups in total. The molecule has 0 radical (unpaired) electrons. The van der Waals surface area contributed by atoms with Gasteiger partial charge in [0.25, 0.3) is 5.89 Å². The molecule has 1 saturated carbocycles. The van der Waals surface area contributed by atoms with Crippen molar-refractivity contribution in [3.8, 4) is 11.5 Å².